The molecule has 0 aliphatic carbocycles. The van der Waals surface area contributed by atoms with Gasteiger partial charge in [0.1, 0.15) is 11.6 Å². The number of rotatable bonds is 4. The first-order valence-corrected chi connectivity index (χ1v) is 6.84. The molecule has 0 radical (unpaired) electrons. The number of ether oxygens (including phenoxy) is 1. The van der Waals surface area contributed by atoms with Crippen LogP contribution in [0.2, 0.25) is 0 Å². The summed E-state index contributed by atoms with van der Waals surface area (Å²) in [5.41, 5.74) is 8.10. The number of nitrogens with one attached hydrogen (secondary N) is 1. The first-order valence-electron chi connectivity index (χ1n) is 6.05. The van der Waals surface area contributed by atoms with Crippen molar-refractivity contribution in [2.24, 2.45) is 5.73 Å². The number of amidine groups is 1. The van der Waals surface area contributed by atoms with Crippen LogP contribution in [0.5, 0.6) is 5.75 Å². The third-order valence-electron chi connectivity index (χ3n) is 3.06. The molecule has 0 unspecified atom stereocenters. The molecule has 2 rings (SSSR count). The second kappa shape index (κ2) is 5.96. The Morgan fingerprint density at radius 1 is 1.20 bits per heavy atom. The summed E-state index contributed by atoms with van der Waals surface area (Å²) in [4.78, 5) is 1.96. The van der Waals surface area contributed by atoms with Crippen LogP contribution in [0.4, 0.5) is 11.4 Å². The summed E-state index contributed by atoms with van der Waals surface area (Å²) in [6.45, 7) is 0. The molecule has 4 nitrogen and oxygen atoms in total. The molecule has 3 N–H and O–H groups in total. The van der Waals surface area contributed by atoms with E-state index >= 15 is 0 Å². The Morgan fingerprint density at radius 2 is 1.90 bits per heavy atom. The molecule has 20 heavy (non-hydrogen) atoms. The number of methoxy groups -OCH3 is 1. The number of nitrogen functional groups attached to an aromatic ring is 1. The fraction of sp³-hybridized carbons (Fsp3) is 0.133. The van der Waals surface area contributed by atoms with Gasteiger partial charge in [-0.1, -0.05) is 28.1 Å². The summed E-state index contributed by atoms with van der Waals surface area (Å²) >= 11 is 3.45. The predicted molar refractivity (Wildman–Crippen MR) is 86.2 cm³/mol. The Hall–Kier alpha value is -2.01. The van der Waals surface area contributed by atoms with E-state index in [-0.39, 0.29) is 5.84 Å². The Labute approximate surface area is 126 Å². The highest BCUT2D eigenvalue weighted by atomic mass is 79.9. The number of benzene rings is 2. The number of nitrogens with two attached hydrogens (primary N) is 1. The normalized spacial score (nSPS) is 10.2. The monoisotopic (exact) mass is 333 g/mol. The molecule has 0 fully saturated rings. The molecule has 0 aliphatic rings. The number of para-hydroxylation sites is 2. The van der Waals surface area contributed by atoms with Crippen LogP contribution < -0.4 is 15.4 Å². The molecule has 0 bridgehead atoms. The van der Waals surface area contributed by atoms with Crippen LogP contribution in [0, 0.1) is 5.41 Å². The quantitative estimate of drug-likeness (QED) is 0.664. The van der Waals surface area contributed by atoms with Crippen molar-refractivity contribution in [2.75, 3.05) is 19.1 Å². The average Bonchev–Trinajstić information content (AvgIpc) is 2.46. The Balaban J connectivity index is 2.55. The van der Waals surface area contributed by atoms with E-state index in [0.29, 0.717) is 5.56 Å². The maximum atomic E-state index is 7.71. The van der Waals surface area contributed by atoms with Gasteiger partial charge in [0.2, 0.25) is 0 Å². The Kier molecular flexibility index (Phi) is 4.29. The van der Waals surface area contributed by atoms with Gasteiger partial charge < -0.3 is 15.4 Å². The minimum absolute atomic E-state index is 0.0363. The first-order chi connectivity index (χ1) is 9.54. The predicted octanol–water partition coefficient (Wildman–Crippen LogP) is 3.51. The Bertz CT molecular complexity index is 643. The highest BCUT2D eigenvalue weighted by Gasteiger charge is 2.14. The molecule has 2 aromatic rings. The largest absolute Gasteiger partial charge is 0.495 e. The fourth-order valence-electron chi connectivity index (χ4n) is 2.05. The molecule has 0 heterocycles. The van der Waals surface area contributed by atoms with E-state index < -0.39 is 0 Å². The molecule has 0 spiro atoms. The van der Waals surface area contributed by atoms with E-state index in [4.69, 9.17) is 15.9 Å². The summed E-state index contributed by atoms with van der Waals surface area (Å²) in [5.74, 6) is 0.804. The first kappa shape index (κ1) is 14.4. The number of hydrogen-bond donors (Lipinski definition) is 2. The van der Waals surface area contributed by atoms with Gasteiger partial charge in [-0.25, -0.2) is 0 Å². The second-order valence-corrected chi connectivity index (χ2v) is 5.22. The fourth-order valence-corrected chi connectivity index (χ4v) is 2.40. The zero-order valence-electron chi connectivity index (χ0n) is 11.4. The number of nitrogens with zero attached hydrogens (tertiary/aromatic N) is 1. The van der Waals surface area contributed by atoms with Gasteiger partial charge in [-0.3, -0.25) is 5.41 Å². The molecule has 5 heteroatoms. The van der Waals surface area contributed by atoms with Crippen LogP contribution in [-0.2, 0) is 0 Å². The lowest BCUT2D eigenvalue weighted by Gasteiger charge is -2.24. The van der Waals surface area contributed by atoms with Crippen molar-refractivity contribution >= 4 is 33.1 Å². The third kappa shape index (κ3) is 2.77. The van der Waals surface area contributed by atoms with Crippen molar-refractivity contribution in [3.8, 4) is 5.75 Å². The van der Waals surface area contributed by atoms with Gasteiger partial charge in [-0.15, -0.1) is 0 Å². The molecule has 0 amide bonds. The second-order valence-electron chi connectivity index (χ2n) is 4.31. The molecule has 0 saturated heterocycles. The summed E-state index contributed by atoms with van der Waals surface area (Å²) in [6.07, 6.45) is 0. The van der Waals surface area contributed by atoms with Crippen LogP contribution in [-0.4, -0.2) is 20.0 Å². The molecular weight excluding hydrogens is 318 g/mol. The average molecular weight is 334 g/mol. The van der Waals surface area contributed by atoms with E-state index in [0.717, 1.165) is 21.6 Å². The topological polar surface area (TPSA) is 62.3 Å². The number of anilines is 2. The highest BCUT2D eigenvalue weighted by molar-refractivity contribution is 9.10. The minimum Gasteiger partial charge on any atom is -0.495 e. The van der Waals surface area contributed by atoms with Crippen molar-refractivity contribution in [1.29, 1.82) is 5.41 Å². The van der Waals surface area contributed by atoms with Crippen LogP contribution >= 0.6 is 15.9 Å². The standard InChI is InChI=1S/C15H16BrN3O/c1-19(12-5-3-4-6-14(12)20-2)13-9-10(16)7-8-11(13)15(17)18/h3-9H,1-2H3,(H3,17,18). The Morgan fingerprint density at radius 3 is 2.55 bits per heavy atom. The van der Waals surface area contributed by atoms with Crippen LogP contribution in [0.1, 0.15) is 5.56 Å². The van der Waals surface area contributed by atoms with Crippen molar-refractivity contribution in [2.45, 2.75) is 0 Å². The zero-order chi connectivity index (χ0) is 14.7. The van der Waals surface area contributed by atoms with Crippen molar-refractivity contribution < 1.29 is 4.74 Å². The lowest BCUT2D eigenvalue weighted by molar-refractivity contribution is 0.415. The summed E-state index contributed by atoms with van der Waals surface area (Å²) < 4.78 is 6.31. The molecule has 2 aromatic carbocycles. The van der Waals surface area contributed by atoms with E-state index in [1.54, 1.807) is 7.11 Å². The molecular formula is C15H16BrN3O. The van der Waals surface area contributed by atoms with Gasteiger partial charge >= 0.3 is 0 Å². The van der Waals surface area contributed by atoms with Crippen molar-refractivity contribution in [3.05, 3.63) is 52.5 Å². The summed E-state index contributed by atoms with van der Waals surface area (Å²) in [6, 6.07) is 13.4. The lowest BCUT2D eigenvalue weighted by atomic mass is 10.1. The van der Waals surface area contributed by atoms with Crippen molar-refractivity contribution in [3.63, 3.8) is 0 Å². The molecule has 0 aliphatic heterocycles. The summed E-state index contributed by atoms with van der Waals surface area (Å²) in [7, 11) is 3.56. The van der Waals surface area contributed by atoms with E-state index in [9.17, 15) is 0 Å². The minimum atomic E-state index is 0.0363. The van der Waals surface area contributed by atoms with Gasteiger partial charge in [0.25, 0.3) is 0 Å². The van der Waals surface area contributed by atoms with Gasteiger partial charge in [0.05, 0.1) is 18.5 Å². The van der Waals surface area contributed by atoms with Gasteiger partial charge in [0, 0.05) is 17.1 Å². The van der Waals surface area contributed by atoms with Crippen LogP contribution in [0.3, 0.4) is 0 Å². The third-order valence-corrected chi connectivity index (χ3v) is 3.55. The smallest absolute Gasteiger partial charge is 0.142 e. The van der Waals surface area contributed by atoms with Gasteiger partial charge in [-0.05, 0) is 30.3 Å². The zero-order valence-corrected chi connectivity index (χ0v) is 12.9. The van der Waals surface area contributed by atoms with Crippen LogP contribution in [0.25, 0.3) is 0 Å². The van der Waals surface area contributed by atoms with E-state index in [1.165, 1.54) is 0 Å². The number of halogens is 1. The number of hydrogen-bond acceptors (Lipinski definition) is 3. The molecule has 0 aromatic heterocycles. The highest BCUT2D eigenvalue weighted by Crippen LogP contribution is 2.35. The SMILES string of the molecule is COc1ccccc1N(C)c1cc(Br)ccc1C(=N)N. The lowest BCUT2D eigenvalue weighted by Crippen LogP contribution is -2.19. The summed E-state index contributed by atoms with van der Waals surface area (Å²) in [5, 5.41) is 7.71. The van der Waals surface area contributed by atoms with Crippen molar-refractivity contribution in [1.82, 2.24) is 0 Å². The maximum absolute atomic E-state index is 7.71. The van der Waals surface area contributed by atoms with E-state index in [1.807, 2.05) is 54.4 Å². The van der Waals surface area contributed by atoms with Crippen LogP contribution in [0.15, 0.2) is 46.9 Å². The molecule has 0 atom stereocenters. The molecule has 0 saturated carbocycles. The van der Waals surface area contributed by atoms with Gasteiger partial charge in [0.15, 0.2) is 0 Å². The molecule has 104 valence electrons. The maximum Gasteiger partial charge on any atom is 0.142 e. The van der Waals surface area contributed by atoms with E-state index in [2.05, 4.69) is 15.9 Å². The van der Waals surface area contributed by atoms with Gasteiger partial charge in [-0.2, -0.15) is 0 Å².